The lowest BCUT2D eigenvalue weighted by atomic mass is 10.3. The van der Waals surface area contributed by atoms with Crippen LogP contribution in [0.5, 0.6) is 0 Å². The summed E-state index contributed by atoms with van der Waals surface area (Å²) in [6.07, 6.45) is 3.46. The van der Waals surface area contributed by atoms with Gasteiger partial charge in [0.15, 0.2) is 0 Å². The summed E-state index contributed by atoms with van der Waals surface area (Å²) in [4.78, 5) is 28.7. The second-order valence-electron chi connectivity index (χ2n) is 4.55. The van der Waals surface area contributed by atoms with E-state index in [1.54, 1.807) is 29.5 Å². The summed E-state index contributed by atoms with van der Waals surface area (Å²) in [6, 6.07) is 0. The molecule has 22 heavy (non-hydrogen) atoms. The number of hydrogen-bond donors (Lipinski definition) is 1. The number of carboxylic acid groups (broad SMARTS) is 1. The molecule has 0 radical (unpaired) electrons. The van der Waals surface area contributed by atoms with Crippen molar-refractivity contribution in [1.82, 2.24) is 19.7 Å². The molecular weight excluding hydrogens is 308 g/mol. The van der Waals surface area contributed by atoms with Crippen LogP contribution in [-0.4, -0.2) is 63.5 Å². The molecule has 0 saturated heterocycles. The molecule has 1 amide bonds. The van der Waals surface area contributed by atoms with Gasteiger partial charge >= 0.3 is 5.97 Å². The zero-order valence-electron chi connectivity index (χ0n) is 12.2. The van der Waals surface area contributed by atoms with Crippen LogP contribution in [0.15, 0.2) is 17.8 Å². The van der Waals surface area contributed by atoms with Gasteiger partial charge in [-0.2, -0.15) is 5.10 Å². The van der Waals surface area contributed by atoms with Crippen LogP contribution < -0.4 is 0 Å². The first-order valence-electron chi connectivity index (χ1n) is 6.46. The van der Waals surface area contributed by atoms with Crippen molar-refractivity contribution in [2.75, 3.05) is 26.8 Å². The van der Waals surface area contributed by atoms with Gasteiger partial charge < -0.3 is 14.7 Å². The summed E-state index contributed by atoms with van der Waals surface area (Å²) in [5.74, 6) is -1.50. The van der Waals surface area contributed by atoms with Crippen molar-refractivity contribution in [1.29, 1.82) is 0 Å². The molecule has 0 fully saturated rings. The van der Waals surface area contributed by atoms with E-state index in [1.807, 2.05) is 0 Å². The van der Waals surface area contributed by atoms with Gasteiger partial charge in [0.25, 0.3) is 5.91 Å². The predicted molar refractivity (Wildman–Crippen MR) is 79.7 cm³/mol. The van der Waals surface area contributed by atoms with Gasteiger partial charge in [-0.1, -0.05) is 0 Å². The zero-order valence-corrected chi connectivity index (χ0v) is 13.0. The molecule has 118 valence electrons. The number of nitrogens with zero attached hydrogens (tertiary/aromatic N) is 4. The van der Waals surface area contributed by atoms with E-state index in [0.717, 1.165) is 5.56 Å². The predicted octanol–water partition coefficient (Wildman–Crippen LogP) is 0.717. The molecule has 0 spiro atoms. The number of ether oxygens (including phenoxy) is 1. The highest BCUT2D eigenvalue weighted by molar-refractivity contribution is 7.13. The van der Waals surface area contributed by atoms with Gasteiger partial charge in [-0.3, -0.25) is 14.3 Å². The van der Waals surface area contributed by atoms with E-state index in [1.165, 1.54) is 23.3 Å². The van der Waals surface area contributed by atoms with Crippen molar-refractivity contribution < 1.29 is 19.4 Å². The number of aromatic nitrogens is 3. The minimum absolute atomic E-state index is 0.196. The molecule has 1 N–H and O–H groups in total. The molecule has 0 aliphatic heterocycles. The van der Waals surface area contributed by atoms with Crippen molar-refractivity contribution in [3.05, 3.63) is 23.5 Å². The van der Waals surface area contributed by atoms with Crippen LogP contribution in [0.1, 0.15) is 10.5 Å². The maximum atomic E-state index is 12.4. The van der Waals surface area contributed by atoms with E-state index in [9.17, 15) is 9.59 Å². The first kappa shape index (κ1) is 16.1. The lowest BCUT2D eigenvalue weighted by Gasteiger charge is -2.18. The van der Waals surface area contributed by atoms with Crippen LogP contribution >= 0.6 is 11.3 Å². The molecule has 2 aromatic heterocycles. The molecule has 2 rings (SSSR count). The summed E-state index contributed by atoms with van der Waals surface area (Å²) in [5, 5.41) is 15.2. The standard InChI is InChI=1S/C13H16N4O4S/c1-16-6-9(5-14-16)12-15-10(8-22-12)13(20)17(3-4-21-2)7-11(18)19/h5-6,8H,3-4,7H2,1-2H3,(H,18,19). The first-order valence-corrected chi connectivity index (χ1v) is 7.33. The summed E-state index contributed by atoms with van der Waals surface area (Å²) in [5.41, 5.74) is 1.04. The number of aliphatic carboxylic acids is 1. The minimum atomic E-state index is -1.08. The Bertz CT molecular complexity index is 667. The molecule has 2 heterocycles. The monoisotopic (exact) mass is 324 g/mol. The van der Waals surface area contributed by atoms with Crippen molar-refractivity contribution in [2.45, 2.75) is 0 Å². The van der Waals surface area contributed by atoms with Gasteiger partial charge in [-0.05, 0) is 0 Å². The third kappa shape index (κ3) is 3.89. The fraction of sp³-hybridized carbons (Fsp3) is 0.385. The SMILES string of the molecule is COCCN(CC(=O)O)C(=O)c1csc(-c2cnn(C)c2)n1. The Labute approximate surface area is 131 Å². The Morgan fingerprint density at radius 2 is 2.27 bits per heavy atom. The number of carbonyl (C=O) groups excluding carboxylic acids is 1. The molecule has 0 atom stereocenters. The zero-order chi connectivity index (χ0) is 16.1. The van der Waals surface area contributed by atoms with Crippen molar-refractivity contribution in [3.63, 3.8) is 0 Å². The van der Waals surface area contributed by atoms with Crippen LogP contribution in [-0.2, 0) is 16.6 Å². The highest BCUT2D eigenvalue weighted by atomic mass is 32.1. The third-order valence-corrected chi connectivity index (χ3v) is 3.75. The normalized spacial score (nSPS) is 10.6. The van der Waals surface area contributed by atoms with Crippen LogP contribution in [0.4, 0.5) is 0 Å². The molecule has 0 unspecified atom stereocenters. The Morgan fingerprint density at radius 1 is 1.50 bits per heavy atom. The smallest absolute Gasteiger partial charge is 0.323 e. The highest BCUT2D eigenvalue weighted by Gasteiger charge is 2.21. The summed E-state index contributed by atoms with van der Waals surface area (Å²) < 4.78 is 6.55. The summed E-state index contributed by atoms with van der Waals surface area (Å²) in [6.45, 7) is 0.0714. The lowest BCUT2D eigenvalue weighted by molar-refractivity contribution is -0.137. The molecule has 9 heteroatoms. The number of carbonyl (C=O) groups is 2. The number of rotatable bonds is 7. The fourth-order valence-electron chi connectivity index (χ4n) is 1.82. The Hall–Kier alpha value is -2.26. The van der Waals surface area contributed by atoms with Crippen molar-refractivity contribution in [2.24, 2.45) is 7.05 Å². The molecule has 0 saturated carbocycles. The third-order valence-electron chi connectivity index (χ3n) is 2.85. The number of carboxylic acids is 1. The summed E-state index contributed by atoms with van der Waals surface area (Å²) >= 11 is 1.31. The highest BCUT2D eigenvalue weighted by Crippen LogP contribution is 2.23. The Morgan fingerprint density at radius 3 is 2.86 bits per heavy atom. The van der Waals surface area contributed by atoms with E-state index in [0.29, 0.717) is 5.01 Å². The Kier molecular flexibility index (Phi) is 5.23. The van der Waals surface area contributed by atoms with Crippen LogP contribution in [0.25, 0.3) is 10.6 Å². The second kappa shape index (κ2) is 7.14. The van der Waals surface area contributed by atoms with Gasteiger partial charge in [0.05, 0.1) is 12.8 Å². The van der Waals surface area contributed by atoms with E-state index in [-0.39, 0.29) is 25.4 Å². The van der Waals surface area contributed by atoms with E-state index in [4.69, 9.17) is 9.84 Å². The molecule has 2 aromatic rings. The van der Waals surface area contributed by atoms with Gasteiger partial charge in [0, 0.05) is 37.8 Å². The average Bonchev–Trinajstić information content (AvgIpc) is 3.10. The number of aryl methyl sites for hydroxylation is 1. The van der Waals surface area contributed by atoms with Crippen LogP contribution in [0.2, 0.25) is 0 Å². The lowest BCUT2D eigenvalue weighted by Crippen LogP contribution is -2.38. The Balaban J connectivity index is 2.16. The maximum absolute atomic E-state index is 12.4. The minimum Gasteiger partial charge on any atom is -0.480 e. The molecule has 0 bridgehead atoms. The number of hydrogen-bond acceptors (Lipinski definition) is 6. The van der Waals surface area contributed by atoms with E-state index >= 15 is 0 Å². The topological polar surface area (TPSA) is 97.5 Å². The molecular formula is C13H16N4O4S. The number of amides is 1. The molecule has 0 aliphatic rings. The average molecular weight is 324 g/mol. The van der Waals surface area contributed by atoms with Crippen molar-refractivity contribution >= 4 is 23.2 Å². The first-order chi connectivity index (χ1) is 10.5. The van der Waals surface area contributed by atoms with Crippen LogP contribution in [0.3, 0.4) is 0 Å². The van der Waals surface area contributed by atoms with Gasteiger partial charge in [-0.15, -0.1) is 11.3 Å². The van der Waals surface area contributed by atoms with Gasteiger partial charge in [0.2, 0.25) is 0 Å². The second-order valence-corrected chi connectivity index (χ2v) is 5.41. The molecule has 0 aliphatic carbocycles. The van der Waals surface area contributed by atoms with Gasteiger partial charge in [0.1, 0.15) is 17.2 Å². The van der Waals surface area contributed by atoms with Crippen LogP contribution in [0, 0.1) is 0 Å². The fourth-order valence-corrected chi connectivity index (χ4v) is 2.58. The molecule has 8 nitrogen and oxygen atoms in total. The van der Waals surface area contributed by atoms with E-state index in [2.05, 4.69) is 10.1 Å². The largest absolute Gasteiger partial charge is 0.480 e. The maximum Gasteiger partial charge on any atom is 0.323 e. The molecule has 0 aromatic carbocycles. The van der Waals surface area contributed by atoms with Gasteiger partial charge in [-0.25, -0.2) is 4.98 Å². The quantitative estimate of drug-likeness (QED) is 0.806. The summed E-state index contributed by atoms with van der Waals surface area (Å²) in [7, 11) is 3.29. The number of methoxy groups -OCH3 is 1. The number of thiazole rings is 1. The van der Waals surface area contributed by atoms with Crippen molar-refractivity contribution in [3.8, 4) is 10.6 Å². The van der Waals surface area contributed by atoms with E-state index < -0.39 is 11.9 Å².